The van der Waals surface area contributed by atoms with E-state index in [4.69, 9.17) is 0 Å². The lowest BCUT2D eigenvalue weighted by molar-refractivity contribution is -0.116. The molecule has 1 aliphatic rings. The van der Waals surface area contributed by atoms with Gasteiger partial charge in [0.05, 0.1) is 0 Å². The molecule has 4 nitrogen and oxygen atoms in total. The van der Waals surface area contributed by atoms with E-state index in [9.17, 15) is 9.59 Å². The first-order chi connectivity index (χ1) is 13.6. The largest absolute Gasteiger partial charge is 0.340 e. The van der Waals surface area contributed by atoms with E-state index in [2.05, 4.69) is 41.1 Å². The second-order valence-corrected chi connectivity index (χ2v) is 7.78. The maximum Gasteiger partial charge on any atom is 0.163 e. The van der Waals surface area contributed by atoms with Gasteiger partial charge in [-0.2, -0.15) is 0 Å². The van der Waals surface area contributed by atoms with Crippen LogP contribution >= 0.6 is 0 Å². The van der Waals surface area contributed by atoms with Gasteiger partial charge in [-0.3, -0.25) is 4.79 Å². The number of Topliss-reactive ketones (excluding diaryl/α,β-unsaturated/α-hetero) is 2. The summed E-state index contributed by atoms with van der Waals surface area (Å²) in [6.45, 7) is 6.70. The number of nitrogens with zero attached hydrogens (tertiary/aromatic N) is 1. The maximum atomic E-state index is 12.3. The minimum absolute atomic E-state index is 0.215. The second-order valence-electron chi connectivity index (χ2n) is 7.78. The van der Waals surface area contributed by atoms with Gasteiger partial charge >= 0.3 is 0 Å². The number of carbonyl (C=O) groups excluding carboxylic acids is 2. The average molecular weight is 377 g/mol. The molecular weight excluding hydrogens is 348 g/mol. The molecule has 4 rings (SSSR count). The molecule has 3 aromatic rings. The number of ketones is 2. The summed E-state index contributed by atoms with van der Waals surface area (Å²) < 4.78 is 2.41. The Morgan fingerprint density at radius 1 is 1.11 bits per heavy atom. The third kappa shape index (κ3) is 3.26. The van der Waals surface area contributed by atoms with Gasteiger partial charge in [-0.25, -0.2) is 0 Å². The lowest BCUT2D eigenvalue weighted by atomic mass is 9.97. The van der Waals surface area contributed by atoms with Crippen LogP contribution in [0.4, 0.5) is 0 Å². The van der Waals surface area contributed by atoms with Crippen LogP contribution in [0.25, 0.3) is 21.8 Å². The molecule has 2 aromatic carbocycles. The summed E-state index contributed by atoms with van der Waals surface area (Å²) in [6, 6.07) is 10.6. The minimum atomic E-state index is 0.215. The molecule has 146 valence electrons. The normalized spacial score (nSPS) is 13.6. The molecule has 0 unspecified atom stereocenters. The molecule has 0 saturated carbocycles. The van der Waals surface area contributed by atoms with Crippen LogP contribution in [0, 0.1) is 0 Å². The molecule has 0 amide bonds. The monoisotopic (exact) mass is 376 g/mol. The number of carbonyl (C=O) groups is 2. The van der Waals surface area contributed by atoms with Crippen molar-refractivity contribution in [3.63, 3.8) is 0 Å². The van der Waals surface area contributed by atoms with E-state index >= 15 is 0 Å². The number of hydrogen-bond donors (Lipinski definition) is 1. The highest BCUT2D eigenvalue weighted by Gasteiger charge is 2.25. The molecule has 1 heterocycles. The molecule has 0 atom stereocenters. The summed E-state index contributed by atoms with van der Waals surface area (Å²) in [5, 5.41) is 5.88. The molecule has 0 aliphatic heterocycles. The SMILES string of the molecule is CCNCCCn1c2cccc(CCC(C)=O)c2c2c3c(ccc21)C(=O)CC3. The maximum absolute atomic E-state index is 12.3. The van der Waals surface area contributed by atoms with Gasteiger partial charge in [0.15, 0.2) is 5.78 Å². The molecule has 0 fully saturated rings. The lowest BCUT2D eigenvalue weighted by Crippen LogP contribution is -2.15. The van der Waals surface area contributed by atoms with Crippen molar-refractivity contribution in [3.05, 3.63) is 47.0 Å². The summed E-state index contributed by atoms with van der Waals surface area (Å²) in [4.78, 5) is 23.9. The summed E-state index contributed by atoms with van der Waals surface area (Å²) >= 11 is 0. The molecule has 1 aromatic heterocycles. The zero-order valence-electron chi connectivity index (χ0n) is 16.8. The Labute approximate surface area is 165 Å². The quantitative estimate of drug-likeness (QED) is 0.591. The van der Waals surface area contributed by atoms with Crippen molar-refractivity contribution in [2.75, 3.05) is 13.1 Å². The van der Waals surface area contributed by atoms with E-state index in [0.717, 1.165) is 44.5 Å². The van der Waals surface area contributed by atoms with Crippen molar-refractivity contribution in [1.82, 2.24) is 9.88 Å². The Bertz CT molecular complexity index is 1060. The van der Waals surface area contributed by atoms with Crippen molar-refractivity contribution >= 4 is 33.4 Å². The van der Waals surface area contributed by atoms with Crippen LogP contribution in [-0.4, -0.2) is 29.2 Å². The van der Waals surface area contributed by atoms with Crippen molar-refractivity contribution in [2.45, 2.75) is 52.5 Å². The predicted molar refractivity (Wildman–Crippen MR) is 114 cm³/mol. The molecule has 0 radical (unpaired) electrons. The molecule has 1 aliphatic carbocycles. The molecule has 28 heavy (non-hydrogen) atoms. The number of aryl methyl sites for hydroxylation is 3. The summed E-state index contributed by atoms with van der Waals surface area (Å²) in [5.74, 6) is 0.470. The second kappa shape index (κ2) is 7.88. The number of rotatable bonds is 8. The van der Waals surface area contributed by atoms with Crippen LogP contribution in [0.1, 0.15) is 54.6 Å². The fourth-order valence-electron chi connectivity index (χ4n) is 4.56. The van der Waals surface area contributed by atoms with Gasteiger partial charge in [0, 0.05) is 46.8 Å². The fraction of sp³-hybridized carbons (Fsp3) is 0.417. The van der Waals surface area contributed by atoms with Crippen LogP contribution in [0.2, 0.25) is 0 Å². The van der Waals surface area contributed by atoms with Gasteiger partial charge in [-0.15, -0.1) is 0 Å². The molecule has 0 bridgehead atoms. The Balaban J connectivity index is 1.91. The van der Waals surface area contributed by atoms with Crippen molar-refractivity contribution in [1.29, 1.82) is 0 Å². The van der Waals surface area contributed by atoms with Crippen molar-refractivity contribution in [2.24, 2.45) is 0 Å². The van der Waals surface area contributed by atoms with Gasteiger partial charge in [-0.1, -0.05) is 19.1 Å². The Morgan fingerprint density at radius 3 is 2.71 bits per heavy atom. The predicted octanol–water partition coefficient (Wildman–Crippen LogP) is 4.44. The standard InChI is InChI=1S/C24H28N2O2/c1-3-25-14-5-15-26-20-7-4-6-17(9-8-16(2)27)23(20)24-19-11-13-22(28)18(19)10-12-21(24)26/h4,6-7,10,12,25H,3,5,8-9,11,13-15H2,1-2H3. The van der Waals surface area contributed by atoms with Crippen LogP contribution in [0.3, 0.4) is 0 Å². The summed E-state index contributed by atoms with van der Waals surface area (Å²) in [7, 11) is 0. The van der Waals surface area contributed by atoms with E-state index in [-0.39, 0.29) is 11.6 Å². The third-order valence-electron chi connectivity index (χ3n) is 5.89. The first kappa shape index (κ1) is 18.9. The highest BCUT2D eigenvalue weighted by Crippen LogP contribution is 2.39. The van der Waals surface area contributed by atoms with Gasteiger partial charge in [0.25, 0.3) is 0 Å². The average Bonchev–Trinajstić information content (AvgIpc) is 3.22. The molecule has 1 N–H and O–H groups in total. The molecule has 0 spiro atoms. The van der Waals surface area contributed by atoms with Crippen LogP contribution in [0.5, 0.6) is 0 Å². The highest BCUT2D eigenvalue weighted by atomic mass is 16.1. The van der Waals surface area contributed by atoms with Gasteiger partial charge < -0.3 is 14.7 Å². The van der Waals surface area contributed by atoms with E-state index in [1.165, 1.54) is 32.9 Å². The smallest absolute Gasteiger partial charge is 0.163 e. The van der Waals surface area contributed by atoms with E-state index < -0.39 is 0 Å². The number of nitrogens with one attached hydrogen (secondary N) is 1. The number of fused-ring (bicyclic) bond motifs is 5. The van der Waals surface area contributed by atoms with Crippen molar-refractivity contribution < 1.29 is 9.59 Å². The first-order valence-electron chi connectivity index (χ1n) is 10.4. The Morgan fingerprint density at radius 2 is 1.93 bits per heavy atom. The minimum Gasteiger partial charge on any atom is -0.340 e. The zero-order valence-corrected chi connectivity index (χ0v) is 16.8. The van der Waals surface area contributed by atoms with Gasteiger partial charge in [0.1, 0.15) is 5.78 Å². The lowest BCUT2D eigenvalue weighted by Gasteiger charge is -2.09. The number of hydrogen-bond acceptors (Lipinski definition) is 3. The Hall–Kier alpha value is -2.46. The Kier molecular flexibility index (Phi) is 5.31. The van der Waals surface area contributed by atoms with Crippen LogP contribution < -0.4 is 5.32 Å². The van der Waals surface area contributed by atoms with E-state index in [1.54, 1.807) is 6.92 Å². The topological polar surface area (TPSA) is 51.1 Å². The highest BCUT2D eigenvalue weighted by molar-refractivity contribution is 6.16. The first-order valence-corrected chi connectivity index (χ1v) is 10.4. The fourth-order valence-corrected chi connectivity index (χ4v) is 4.56. The summed E-state index contributed by atoms with van der Waals surface area (Å²) in [5.41, 5.74) is 5.75. The number of benzene rings is 2. The number of aromatic nitrogens is 1. The van der Waals surface area contributed by atoms with E-state index in [0.29, 0.717) is 12.8 Å². The van der Waals surface area contributed by atoms with E-state index in [1.807, 2.05) is 6.07 Å². The summed E-state index contributed by atoms with van der Waals surface area (Å²) in [6.07, 6.45) is 3.79. The molecule has 0 saturated heterocycles. The van der Waals surface area contributed by atoms with Gasteiger partial charge in [-0.05, 0) is 68.6 Å². The van der Waals surface area contributed by atoms with Gasteiger partial charge in [0.2, 0.25) is 0 Å². The van der Waals surface area contributed by atoms with Crippen LogP contribution in [-0.2, 0) is 24.2 Å². The molecule has 4 heteroatoms. The third-order valence-corrected chi connectivity index (χ3v) is 5.89. The molecular formula is C24H28N2O2. The van der Waals surface area contributed by atoms with Crippen molar-refractivity contribution in [3.8, 4) is 0 Å². The zero-order chi connectivity index (χ0) is 19.7. The van der Waals surface area contributed by atoms with Crippen LogP contribution in [0.15, 0.2) is 30.3 Å².